The minimum Gasteiger partial charge on any atom is -0.330 e. The minimum atomic E-state index is -0.448. The van der Waals surface area contributed by atoms with E-state index in [0.29, 0.717) is 5.06 Å². The van der Waals surface area contributed by atoms with Crippen LogP contribution in [0.1, 0.15) is 51.4 Å². The van der Waals surface area contributed by atoms with E-state index in [-0.39, 0.29) is 18.8 Å². The second-order valence-corrected chi connectivity index (χ2v) is 5.44. The molecule has 1 heterocycles. The van der Waals surface area contributed by atoms with Gasteiger partial charge in [-0.2, -0.15) is 0 Å². The van der Waals surface area contributed by atoms with E-state index in [0.717, 1.165) is 19.3 Å². The molecule has 2 aliphatic carbocycles. The van der Waals surface area contributed by atoms with E-state index >= 15 is 0 Å². The number of hydrogen-bond donors (Lipinski definition) is 0. The van der Waals surface area contributed by atoms with Gasteiger partial charge in [-0.05, 0) is 32.1 Å². The molecule has 0 bridgehead atoms. The summed E-state index contributed by atoms with van der Waals surface area (Å²) in [5.74, 6) is -1.48. The highest BCUT2D eigenvalue weighted by molar-refractivity contribution is 6.02. The number of rotatable bonds is 2. The lowest BCUT2D eigenvalue weighted by Gasteiger charge is -2.14. The van der Waals surface area contributed by atoms with Gasteiger partial charge in [-0.25, -0.2) is 4.79 Å². The smallest absolute Gasteiger partial charge is 0.330 e. The Bertz CT molecular complexity index is 456. The highest BCUT2D eigenvalue weighted by atomic mass is 16.7. The van der Waals surface area contributed by atoms with Crippen LogP contribution in [0.25, 0.3) is 0 Å². The molecule has 1 atom stereocenters. The molecule has 0 radical (unpaired) electrons. The number of amides is 2. The summed E-state index contributed by atoms with van der Waals surface area (Å²) in [6.07, 6.45) is 6.86. The van der Waals surface area contributed by atoms with Gasteiger partial charge in [0.15, 0.2) is 0 Å². The number of carbonyl (C=O) groups excluding carboxylic acids is 3. The Hall–Kier alpha value is -1.65. The second kappa shape index (κ2) is 4.79. The first-order valence-electron chi connectivity index (χ1n) is 6.95. The van der Waals surface area contributed by atoms with Crippen molar-refractivity contribution in [2.75, 3.05) is 0 Å². The number of hydrogen-bond acceptors (Lipinski definition) is 4. The predicted molar refractivity (Wildman–Crippen MR) is 65.4 cm³/mol. The van der Waals surface area contributed by atoms with Crippen LogP contribution in [-0.4, -0.2) is 22.8 Å². The van der Waals surface area contributed by atoms with Gasteiger partial charge in [-0.15, -0.1) is 5.06 Å². The van der Waals surface area contributed by atoms with Crippen LogP contribution in [0.2, 0.25) is 0 Å². The van der Waals surface area contributed by atoms with Gasteiger partial charge in [0, 0.05) is 12.8 Å². The van der Waals surface area contributed by atoms with E-state index in [1.54, 1.807) is 0 Å². The number of hydroxylamine groups is 2. The highest BCUT2D eigenvalue weighted by Crippen LogP contribution is 2.45. The van der Waals surface area contributed by atoms with Crippen molar-refractivity contribution in [1.29, 1.82) is 0 Å². The van der Waals surface area contributed by atoms with Crippen molar-refractivity contribution < 1.29 is 19.2 Å². The third-order valence-electron chi connectivity index (χ3n) is 4.07. The van der Waals surface area contributed by atoms with Gasteiger partial charge in [0.2, 0.25) is 0 Å². The van der Waals surface area contributed by atoms with Crippen molar-refractivity contribution in [3.05, 3.63) is 11.1 Å². The maximum absolute atomic E-state index is 11.9. The maximum Gasteiger partial charge on any atom is 0.340 e. The molecular weight excluding hydrogens is 246 g/mol. The molecule has 5 heteroatoms. The number of carbonyl (C=O) groups is 3. The predicted octanol–water partition coefficient (Wildman–Crippen LogP) is 1.87. The standard InChI is InChI=1S/C14H17NO4/c16-12-6-7-13(17)15(12)19-14(18)11-8-10(11)9-4-2-1-3-5-9/h11H,1-8H2/t11-/m1/s1. The molecular formula is C14H17NO4. The summed E-state index contributed by atoms with van der Waals surface area (Å²) in [5.41, 5.74) is 2.58. The zero-order chi connectivity index (χ0) is 13.4. The fourth-order valence-electron chi connectivity index (χ4n) is 2.89. The van der Waals surface area contributed by atoms with Gasteiger partial charge in [-0.3, -0.25) is 9.59 Å². The van der Waals surface area contributed by atoms with Gasteiger partial charge in [0.25, 0.3) is 11.8 Å². The van der Waals surface area contributed by atoms with Crippen LogP contribution < -0.4 is 0 Å². The molecule has 102 valence electrons. The SMILES string of the molecule is O=C(ON1C(=O)CCC1=O)[C@@H]1CC1=C1CCCCC1. The van der Waals surface area contributed by atoms with Gasteiger partial charge >= 0.3 is 5.97 Å². The molecule has 0 aromatic carbocycles. The Morgan fingerprint density at radius 3 is 2.26 bits per heavy atom. The molecule has 0 aromatic rings. The summed E-state index contributed by atoms with van der Waals surface area (Å²) >= 11 is 0. The van der Waals surface area contributed by atoms with E-state index in [4.69, 9.17) is 4.84 Å². The monoisotopic (exact) mass is 263 g/mol. The lowest BCUT2D eigenvalue weighted by atomic mass is 9.94. The normalized spacial score (nSPS) is 26.9. The van der Waals surface area contributed by atoms with Crippen LogP contribution in [-0.2, 0) is 19.2 Å². The van der Waals surface area contributed by atoms with Crippen LogP contribution in [0.15, 0.2) is 11.1 Å². The molecule has 2 saturated carbocycles. The Kier molecular flexibility index (Phi) is 3.12. The number of allylic oxidation sites excluding steroid dienone is 1. The summed E-state index contributed by atoms with van der Waals surface area (Å²) < 4.78 is 0. The second-order valence-electron chi connectivity index (χ2n) is 5.44. The van der Waals surface area contributed by atoms with Crippen molar-refractivity contribution in [2.24, 2.45) is 5.92 Å². The van der Waals surface area contributed by atoms with Gasteiger partial charge in [0.05, 0.1) is 5.92 Å². The summed E-state index contributed by atoms with van der Waals surface area (Å²) in [6.45, 7) is 0. The average molecular weight is 263 g/mol. The summed E-state index contributed by atoms with van der Waals surface area (Å²) in [5, 5.41) is 0.643. The third kappa shape index (κ3) is 2.41. The minimum absolute atomic E-state index is 0.144. The zero-order valence-corrected chi connectivity index (χ0v) is 10.8. The average Bonchev–Trinajstić information content (AvgIpc) is 3.17. The number of nitrogens with zero attached hydrogens (tertiary/aromatic N) is 1. The molecule has 0 spiro atoms. The maximum atomic E-state index is 11.9. The van der Waals surface area contributed by atoms with Crippen molar-refractivity contribution in [2.45, 2.75) is 51.4 Å². The molecule has 19 heavy (non-hydrogen) atoms. The van der Waals surface area contributed by atoms with Crippen LogP contribution in [0.4, 0.5) is 0 Å². The molecule has 5 nitrogen and oxygen atoms in total. The summed E-state index contributed by atoms with van der Waals surface area (Å²) in [6, 6.07) is 0. The zero-order valence-electron chi connectivity index (χ0n) is 10.8. The van der Waals surface area contributed by atoms with Crippen molar-refractivity contribution in [3.8, 4) is 0 Å². The van der Waals surface area contributed by atoms with E-state index in [2.05, 4.69) is 0 Å². The van der Waals surface area contributed by atoms with Crippen molar-refractivity contribution >= 4 is 17.8 Å². The molecule has 1 saturated heterocycles. The fraction of sp³-hybridized carbons (Fsp3) is 0.643. The summed E-state index contributed by atoms with van der Waals surface area (Å²) in [4.78, 5) is 39.6. The third-order valence-corrected chi connectivity index (χ3v) is 4.07. The van der Waals surface area contributed by atoms with Gasteiger partial charge in [0.1, 0.15) is 0 Å². The number of imide groups is 1. The summed E-state index contributed by atoms with van der Waals surface area (Å²) in [7, 11) is 0. The molecule has 0 N–H and O–H groups in total. The first-order chi connectivity index (χ1) is 9.16. The molecule has 0 unspecified atom stereocenters. The van der Waals surface area contributed by atoms with Crippen LogP contribution in [0.3, 0.4) is 0 Å². The fourth-order valence-corrected chi connectivity index (χ4v) is 2.89. The van der Waals surface area contributed by atoms with Gasteiger partial charge in [-0.1, -0.05) is 17.6 Å². The van der Waals surface area contributed by atoms with Crippen LogP contribution in [0.5, 0.6) is 0 Å². The molecule has 3 aliphatic rings. The molecule has 2 amide bonds. The molecule has 3 fully saturated rings. The molecule has 0 aromatic heterocycles. The Morgan fingerprint density at radius 1 is 1.00 bits per heavy atom. The molecule has 1 aliphatic heterocycles. The molecule has 3 rings (SSSR count). The van der Waals surface area contributed by atoms with Crippen molar-refractivity contribution in [1.82, 2.24) is 5.06 Å². The largest absolute Gasteiger partial charge is 0.340 e. The van der Waals surface area contributed by atoms with E-state index in [9.17, 15) is 14.4 Å². The van der Waals surface area contributed by atoms with Crippen molar-refractivity contribution in [3.63, 3.8) is 0 Å². The van der Waals surface area contributed by atoms with E-state index in [1.807, 2.05) is 0 Å². The first kappa shape index (κ1) is 12.4. The lowest BCUT2D eigenvalue weighted by molar-refractivity contribution is -0.198. The lowest BCUT2D eigenvalue weighted by Crippen LogP contribution is -2.32. The Balaban J connectivity index is 1.61. The van der Waals surface area contributed by atoms with Crippen LogP contribution >= 0.6 is 0 Å². The first-order valence-corrected chi connectivity index (χ1v) is 6.95. The highest BCUT2D eigenvalue weighted by Gasteiger charge is 2.43. The van der Waals surface area contributed by atoms with E-state index < -0.39 is 17.8 Å². The quantitative estimate of drug-likeness (QED) is 0.563. The van der Waals surface area contributed by atoms with Crippen LogP contribution in [0, 0.1) is 5.92 Å². The topological polar surface area (TPSA) is 63.7 Å². The van der Waals surface area contributed by atoms with Gasteiger partial charge < -0.3 is 4.84 Å². The Morgan fingerprint density at radius 2 is 1.63 bits per heavy atom. The van der Waals surface area contributed by atoms with E-state index in [1.165, 1.54) is 30.4 Å². The Labute approximate surface area is 111 Å².